The monoisotopic (exact) mass is 388 g/mol. The van der Waals surface area contributed by atoms with Crippen molar-refractivity contribution in [1.29, 1.82) is 0 Å². The summed E-state index contributed by atoms with van der Waals surface area (Å²) in [5, 5.41) is 9.07. The predicted molar refractivity (Wildman–Crippen MR) is 93.9 cm³/mol. The molecule has 0 aliphatic heterocycles. The molecular formula is C18H18BrFN4. The fourth-order valence-corrected chi connectivity index (χ4v) is 3.59. The van der Waals surface area contributed by atoms with Gasteiger partial charge in [-0.15, -0.1) is 0 Å². The van der Waals surface area contributed by atoms with Crippen molar-refractivity contribution in [3.63, 3.8) is 0 Å². The number of rotatable bonds is 4. The zero-order chi connectivity index (χ0) is 16.7. The van der Waals surface area contributed by atoms with Gasteiger partial charge in [-0.1, -0.05) is 0 Å². The Balaban J connectivity index is 1.65. The van der Waals surface area contributed by atoms with Crippen LogP contribution in [0.15, 0.2) is 41.1 Å². The second kappa shape index (κ2) is 6.16. The third-order valence-corrected chi connectivity index (χ3v) is 5.17. The van der Waals surface area contributed by atoms with E-state index in [4.69, 9.17) is 0 Å². The highest BCUT2D eigenvalue weighted by Crippen LogP contribution is 2.31. The third-order valence-electron chi connectivity index (χ3n) is 4.53. The molecule has 24 heavy (non-hydrogen) atoms. The summed E-state index contributed by atoms with van der Waals surface area (Å²) in [7, 11) is 0. The van der Waals surface area contributed by atoms with E-state index < -0.39 is 0 Å². The zero-order valence-electron chi connectivity index (χ0n) is 13.4. The first-order chi connectivity index (χ1) is 11.6. The maximum atomic E-state index is 13.4. The van der Waals surface area contributed by atoms with Gasteiger partial charge in [0, 0.05) is 22.8 Å². The number of hydrogen-bond donors (Lipinski definition) is 0. The van der Waals surface area contributed by atoms with Gasteiger partial charge in [0.25, 0.3) is 0 Å². The summed E-state index contributed by atoms with van der Waals surface area (Å²) in [6.07, 6.45) is 8.56. The number of halogens is 2. The van der Waals surface area contributed by atoms with Crippen LogP contribution in [0.3, 0.4) is 0 Å². The summed E-state index contributed by atoms with van der Waals surface area (Å²) in [5.74, 6) is -0.266. The van der Waals surface area contributed by atoms with E-state index in [9.17, 15) is 4.39 Å². The van der Waals surface area contributed by atoms with E-state index in [1.165, 1.54) is 37.0 Å². The smallest absolute Gasteiger partial charge is 0.124 e. The minimum Gasteiger partial charge on any atom is -0.269 e. The first-order valence-electron chi connectivity index (χ1n) is 8.14. The molecule has 1 aliphatic carbocycles. The van der Waals surface area contributed by atoms with Crippen molar-refractivity contribution in [2.45, 2.75) is 38.6 Å². The van der Waals surface area contributed by atoms with E-state index in [0.29, 0.717) is 10.5 Å². The van der Waals surface area contributed by atoms with Crippen molar-refractivity contribution in [2.24, 2.45) is 0 Å². The molecule has 1 saturated carbocycles. The highest BCUT2D eigenvalue weighted by Gasteiger charge is 2.20. The first-order valence-corrected chi connectivity index (χ1v) is 8.93. The lowest BCUT2D eigenvalue weighted by atomic mass is 9.93. The van der Waals surface area contributed by atoms with Crippen molar-refractivity contribution in [2.75, 3.05) is 0 Å². The number of benzene rings is 1. The van der Waals surface area contributed by atoms with Crippen LogP contribution in [0.4, 0.5) is 4.39 Å². The maximum Gasteiger partial charge on any atom is 0.124 e. The highest BCUT2D eigenvalue weighted by atomic mass is 79.9. The van der Waals surface area contributed by atoms with E-state index in [1.807, 2.05) is 17.8 Å². The van der Waals surface area contributed by atoms with Crippen LogP contribution >= 0.6 is 15.9 Å². The predicted octanol–water partition coefficient (Wildman–Crippen LogP) is 4.59. The lowest BCUT2D eigenvalue weighted by Gasteiger charge is -2.25. The molecule has 3 aromatic rings. The minimum absolute atomic E-state index is 0.266. The molecule has 1 aromatic carbocycles. The van der Waals surface area contributed by atoms with Gasteiger partial charge in [-0.05, 0) is 71.9 Å². The Labute approximate surface area is 148 Å². The molecule has 0 radical (unpaired) electrons. The molecule has 124 valence electrons. The van der Waals surface area contributed by atoms with Crippen LogP contribution in [0.2, 0.25) is 0 Å². The van der Waals surface area contributed by atoms with Gasteiger partial charge in [-0.25, -0.2) is 9.07 Å². The van der Waals surface area contributed by atoms with E-state index in [1.54, 1.807) is 6.07 Å². The lowest BCUT2D eigenvalue weighted by Crippen LogP contribution is -2.17. The Bertz CT molecular complexity index is 879. The Morgan fingerprint density at radius 1 is 1.29 bits per heavy atom. The molecule has 4 nitrogen and oxygen atoms in total. The van der Waals surface area contributed by atoms with E-state index in [0.717, 1.165) is 23.5 Å². The SMILES string of the molecule is Cc1cc(Cc2cnn(C3CCC3)c2)n(-c2ccc(F)cc2Br)n1. The molecule has 0 spiro atoms. The lowest BCUT2D eigenvalue weighted by molar-refractivity contribution is 0.289. The van der Waals surface area contributed by atoms with Gasteiger partial charge in [0.15, 0.2) is 0 Å². The summed E-state index contributed by atoms with van der Waals surface area (Å²) >= 11 is 3.44. The summed E-state index contributed by atoms with van der Waals surface area (Å²) in [6.45, 7) is 1.97. The standard InChI is InChI=1S/C18H18BrFN4/c1-12-7-16(8-13-10-21-23(11-13)15-3-2-4-15)24(22-12)18-6-5-14(20)9-17(18)19/h5-7,9-11,15H,2-4,8H2,1H3. The molecule has 0 amide bonds. The van der Waals surface area contributed by atoms with Crippen molar-refractivity contribution < 1.29 is 4.39 Å². The quantitative estimate of drug-likeness (QED) is 0.654. The van der Waals surface area contributed by atoms with Crippen LogP contribution in [0.5, 0.6) is 0 Å². The fourth-order valence-electron chi connectivity index (χ4n) is 3.07. The highest BCUT2D eigenvalue weighted by molar-refractivity contribution is 9.10. The molecular weight excluding hydrogens is 371 g/mol. The Kier molecular flexibility index (Phi) is 4.00. The number of aromatic nitrogens is 4. The second-order valence-corrected chi connectivity index (χ2v) is 7.23. The summed E-state index contributed by atoms with van der Waals surface area (Å²) in [6, 6.07) is 7.29. The van der Waals surface area contributed by atoms with Gasteiger partial charge in [-0.2, -0.15) is 10.2 Å². The van der Waals surface area contributed by atoms with Crippen molar-refractivity contribution >= 4 is 15.9 Å². The zero-order valence-corrected chi connectivity index (χ0v) is 15.0. The molecule has 0 saturated heterocycles. The number of aryl methyl sites for hydroxylation is 1. The average Bonchev–Trinajstić information content (AvgIpc) is 3.05. The second-order valence-electron chi connectivity index (χ2n) is 6.37. The van der Waals surface area contributed by atoms with Gasteiger partial charge in [0.1, 0.15) is 5.82 Å². The summed E-state index contributed by atoms with van der Waals surface area (Å²) in [4.78, 5) is 0. The molecule has 0 atom stereocenters. The third kappa shape index (κ3) is 2.90. The van der Waals surface area contributed by atoms with Crippen LogP contribution < -0.4 is 0 Å². The van der Waals surface area contributed by atoms with Crippen molar-refractivity contribution in [1.82, 2.24) is 19.6 Å². The van der Waals surface area contributed by atoms with Crippen molar-refractivity contribution in [3.8, 4) is 5.69 Å². The molecule has 0 N–H and O–H groups in total. The van der Waals surface area contributed by atoms with Crippen molar-refractivity contribution in [3.05, 3.63) is 63.9 Å². The summed E-state index contributed by atoms with van der Waals surface area (Å²) in [5.41, 5.74) is 4.01. The first kappa shape index (κ1) is 15.6. The Morgan fingerprint density at radius 2 is 2.12 bits per heavy atom. The molecule has 0 unspecified atom stereocenters. The van der Waals surface area contributed by atoms with E-state index in [-0.39, 0.29) is 5.82 Å². The fraction of sp³-hybridized carbons (Fsp3) is 0.333. The molecule has 4 rings (SSSR count). The Hall–Kier alpha value is -1.95. The van der Waals surface area contributed by atoms with Gasteiger partial charge >= 0.3 is 0 Å². The summed E-state index contributed by atoms with van der Waals surface area (Å²) < 4.78 is 18.0. The molecule has 1 fully saturated rings. The number of hydrogen-bond acceptors (Lipinski definition) is 2. The van der Waals surface area contributed by atoms with Gasteiger partial charge in [0.05, 0.1) is 23.6 Å². The van der Waals surface area contributed by atoms with Crippen LogP contribution in [0.25, 0.3) is 5.69 Å². The molecule has 6 heteroatoms. The number of nitrogens with zero attached hydrogens (tertiary/aromatic N) is 4. The largest absolute Gasteiger partial charge is 0.269 e. The minimum atomic E-state index is -0.266. The molecule has 2 aromatic heterocycles. The normalized spacial score (nSPS) is 14.8. The molecule has 0 bridgehead atoms. The maximum absolute atomic E-state index is 13.4. The molecule has 1 aliphatic rings. The average molecular weight is 389 g/mol. The van der Waals surface area contributed by atoms with Crippen LogP contribution in [-0.2, 0) is 6.42 Å². The van der Waals surface area contributed by atoms with E-state index >= 15 is 0 Å². The van der Waals surface area contributed by atoms with Gasteiger partial charge in [-0.3, -0.25) is 4.68 Å². The Morgan fingerprint density at radius 3 is 2.83 bits per heavy atom. The van der Waals surface area contributed by atoms with Gasteiger partial charge in [0.2, 0.25) is 0 Å². The molecule has 2 heterocycles. The van der Waals surface area contributed by atoms with Crippen LogP contribution in [0, 0.1) is 12.7 Å². The van der Waals surface area contributed by atoms with Crippen LogP contribution in [0.1, 0.15) is 42.3 Å². The topological polar surface area (TPSA) is 35.6 Å². The van der Waals surface area contributed by atoms with Gasteiger partial charge < -0.3 is 0 Å². The van der Waals surface area contributed by atoms with E-state index in [2.05, 4.69) is 43.1 Å². The van der Waals surface area contributed by atoms with Crippen LogP contribution in [-0.4, -0.2) is 19.6 Å².